The number of benzene rings is 3. The number of nitro benzene ring substituents is 1. The topological polar surface area (TPSA) is 149 Å². The lowest BCUT2D eigenvalue weighted by Crippen LogP contribution is -2.47. The van der Waals surface area contributed by atoms with E-state index < -0.39 is 29.0 Å². The maximum absolute atomic E-state index is 13.5. The molecule has 2 unspecified atom stereocenters. The molecule has 3 aromatic rings. The lowest BCUT2D eigenvalue weighted by molar-refractivity contribution is -0.385. The first-order valence-electron chi connectivity index (χ1n) is 15.3. The van der Waals surface area contributed by atoms with Crippen LogP contribution in [0.1, 0.15) is 61.3 Å². The highest BCUT2D eigenvalue weighted by Gasteiger charge is 2.37. The number of nitrogens with zero attached hydrogens (tertiary/aromatic N) is 2. The molecule has 0 saturated carbocycles. The summed E-state index contributed by atoms with van der Waals surface area (Å²) in [4.78, 5) is 51.2. The minimum atomic E-state index is -0.783. The van der Waals surface area contributed by atoms with Gasteiger partial charge in [-0.2, -0.15) is 0 Å². The average Bonchev–Trinajstić information content (AvgIpc) is 3.69. The fourth-order valence-electron chi connectivity index (χ4n) is 6.20. The van der Waals surface area contributed by atoms with Crippen molar-refractivity contribution >= 4 is 23.6 Å². The van der Waals surface area contributed by atoms with E-state index in [1.165, 1.54) is 24.1 Å². The number of amides is 3. The Morgan fingerprint density at radius 3 is 2.35 bits per heavy atom. The molecule has 5 rings (SSSR count). The van der Waals surface area contributed by atoms with E-state index in [2.05, 4.69) is 22.8 Å². The van der Waals surface area contributed by atoms with Gasteiger partial charge in [-0.15, -0.1) is 0 Å². The van der Waals surface area contributed by atoms with Crippen LogP contribution < -0.4 is 20.1 Å². The van der Waals surface area contributed by atoms with Gasteiger partial charge in [0.2, 0.25) is 11.8 Å². The van der Waals surface area contributed by atoms with Crippen molar-refractivity contribution in [2.45, 2.75) is 50.6 Å². The van der Waals surface area contributed by atoms with Crippen LogP contribution >= 0.6 is 0 Å². The monoisotopic (exact) mass is 630 g/mol. The van der Waals surface area contributed by atoms with Crippen LogP contribution in [0.4, 0.5) is 10.5 Å². The molecule has 242 valence electrons. The minimum absolute atomic E-state index is 0.107. The molecule has 1 saturated heterocycles. The Kier molecular flexibility index (Phi) is 10.0. The molecule has 2 atom stereocenters. The van der Waals surface area contributed by atoms with Crippen LogP contribution in [0.25, 0.3) is 11.1 Å². The highest BCUT2D eigenvalue weighted by molar-refractivity contribution is 5.87. The molecule has 1 aliphatic carbocycles. The highest BCUT2D eigenvalue weighted by Crippen LogP contribution is 2.44. The van der Waals surface area contributed by atoms with E-state index in [0.717, 1.165) is 22.3 Å². The molecule has 1 aliphatic heterocycles. The number of hydrogen-bond acceptors (Lipinski definition) is 8. The van der Waals surface area contributed by atoms with E-state index in [1.54, 1.807) is 14.0 Å². The summed E-state index contributed by atoms with van der Waals surface area (Å²) in [7, 11) is 2.95. The predicted molar refractivity (Wildman–Crippen MR) is 170 cm³/mol. The molecule has 0 bridgehead atoms. The van der Waals surface area contributed by atoms with Gasteiger partial charge in [-0.25, -0.2) is 4.79 Å². The van der Waals surface area contributed by atoms with Gasteiger partial charge in [0.1, 0.15) is 12.6 Å². The van der Waals surface area contributed by atoms with E-state index in [0.29, 0.717) is 25.8 Å². The number of methoxy groups -OCH3 is 1. The highest BCUT2D eigenvalue weighted by atomic mass is 16.6. The first kappa shape index (κ1) is 32.3. The minimum Gasteiger partial charge on any atom is -0.493 e. The van der Waals surface area contributed by atoms with E-state index in [4.69, 9.17) is 14.2 Å². The smallest absolute Gasteiger partial charge is 0.410 e. The Morgan fingerprint density at radius 2 is 1.72 bits per heavy atom. The van der Waals surface area contributed by atoms with Crippen molar-refractivity contribution in [1.82, 2.24) is 15.5 Å². The van der Waals surface area contributed by atoms with Crippen LogP contribution in [-0.2, 0) is 14.3 Å². The van der Waals surface area contributed by atoms with Crippen LogP contribution in [0.5, 0.6) is 11.5 Å². The van der Waals surface area contributed by atoms with Gasteiger partial charge in [0.25, 0.3) is 5.69 Å². The Bertz CT molecular complexity index is 1580. The number of nitrogens with one attached hydrogen (secondary N) is 2. The van der Waals surface area contributed by atoms with Gasteiger partial charge in [-0.3, -0.25) is 24.6 Å². The molecule has 3 aromatic carbocycles. The Morgan fingerprint density at radius 1 is 1.04 bits per heavy atom. The van der Waals surface area contributed by atoms with Crippen LogP contribution in [0.3, 0.4) is 0 Å². The number of fused-ring (bicyclic) bond motifs is 3. The Balaban J connectivity index is 1.24. The van der Waals surface area contributed by atoms with E-state index >= 15 is 0 Å². The largest absolute Gasteiger partial charge is 0.493 e. The van der Waals surface area contributed by atoms with Gasteiger partial charge >= 0.3 is 6.09 Å². The van der Waals surface area contributed by atoms with Crippen molar-refractivity contribution in [1.29, 1.82) is 0 Å². The number of likely N-dealkylation sites (tertiary alicyclic amines) is 1. The number of nitro groups is 1. The van der Waals surface area contributed by atoms with Gasteiger partial charge in [-0.1, -0.05) is 48.5 Å². The average molecular weight is 631 g/mol. The van der Waals surface area contributed by atoms with E-state index in [1.807, 2.05) is 36.4 Å². The van der Waals surface area contributed by atoms with Gasteiger partial charge in [0, 0.05) is 25.9 Å². The number of rotatable bonds is 12. The summed E-state index contributed by atoms with van der Waals surface area (Å²) in [5, 5.41) is 17.4. The van der Waals surface area contributed by atoms with Gasteiger partial charge in [-0.05, 0) is 54.5 Å². The first-order chi connectivity index (χ1) is 22.2. The zero-order valence-corrected chi connectivity index (χ0v) is 26.1. The van der Waals surface area contributed by atoms with E-state index in [-0.39, 0.29) is 54.2 Å². The summed E-state index contributed by atoms with van der Waals surface area (Å²) in [5.74, 6) is -0.264. The van der Waals surface area contributed by atoms with Crippen LogP contribution in [0.2, 0.25) is 0 Å². The first-order valence-corrected chi connectivity index (χ1v) is 15.3. The summed E-state index contributed by atoms with van der Waals surface area (Å²) >= 11 is 0. The van der Waals surface area contributed by atoms with Crippen molar-refractivity contribution < 1.29 is 33.5 Å². The lowest BCUT2D eigenvalue weighted by atomic mass is 9.98. The SMILES string of the molecule is CNC(=O)CCCOc1cc([N+](=O)[O-])c(C(C)NC(=O)C2CCCN2C(=O)OCC2c3ccccc3-c3ccccc32)cc1OC. The molecule has 46 heavy (non-hydrogen) atoms. The van der Waals surface area contributed by atoms with Gasteiger partial charge < -0.3 is 24.8 Å². The predicted octanol–water partition coefficient (Wildman–Crippen LogP) is 5.10. The second kappa shape index (κ2) is 14.3. The molecule has 3 amide bonds. The fourth-order valence-corrected chi connectivity index (χ4v) is 6.20. The molecular weight excluding hydrogens is 592 g/mol. The Hall–Kier alpha value is -5.13. The quantitative estimate of drug-likeness (QED) is 0.160. The normalized spacial score (nSPS) is 15.8. The van der Waals surface area contributed by atoms with Crippen molar-refractivity contribution in [3.8, 4) is 22.6 Å². The number of ether oxygens (including phenoxy) is 3. The fraction of sp³-hybridized carbons (Fsp3) is 0.382. The van der Waals surface area contributed by atoms with Crippen molar-refractivity contribution in [3.63, 3.8) is 0 Å². The molecule has 1 heterocycles. The zero-order chi connectivity index (χ0) is 32.8. The molecule has 0 radical (unpaired) electrons. The second-order valence-corrected chi connectivity index (χ2v) is 11.3. The molecule has 0 aromatic heterocycles. The summed E-state index contributed by atoms with van der Waals surface area (Å²) < 4.78 is 16.9. The summed E-state index contributed by atoms with van der Waals surface area (Å²) in [5.41, 5.74) is 4.40. The molecule has 1 fully saturated rings. The molecular formula is C34H38N4O8. The number of carbonyl (C=O) groups excluding carboxylic acids is 3. The third kappa shape index (κ3) is 6.75. The van der Waals surface area contributed by atoms with Crippen LogP contribution in [0, 0.1) is 10.1 Å². The third-order valence-electron chi connectivity index (χ3n) is 8.55. The van der Waals surface area contributed by atoms with Crippen LogP contribution in [0.15, 0.2) is 60.7 Å². The summed E-state index contributed by atoms with van der Waals surface area (Å²) in [6.07, 6.45) is 1.15. The lowest BCUT2D eigenvalue weighted by Gasteiger charge is -2.26. The molecule has 0 spiro atoms. The molecule has 2 N–H and O–H groups in total. The van der Waals surface area contributed by atoms with Crippen molar-refractivity contribution in [3.05, 3.63) is 87.5 Å². The number of hydrogen-bond donors (Lipinski definition) is 2. The standard InChI is InChI=1S/C34H38N4O8/c1-21(26-18-30(44-3)31(19-29(26)38(42)43)45-17-9-15-32(39)35-2)36-33(40)28-14-8-16-37(28)34(41)46-20-27-24-12-6-4-10-22(24)23-11-5-7-13-25(23)27/h4-7,10-13,18-19,21,27-28H,8-9,14-17,20H2,1-3H3,(H,35,39)(H,36,40). The summed E-state index contributed by atoms with van der Waals surface area (Å²) in [6, 6.07) is 17.3. The van der Waals surface area contributed by atoms with Crippen LogP contribution in [-0.4, -0.2) is 67.7 Å². The van der Waals surface area contributed by atoms with Crippen molar-refractivity contribution in [2.24, 2.45) is 0 Å². The van der Waals surface area contributed by atoms with Crippen molar-refractivity contribution in [2.75, 3.05) is 33.9 Å². The maximum Gasteiger partial charge on any atom is 0.410 e. The molecule has 2 aliphatic rings. The van der Waals surface area contributed by atoms with E-state index in [9.17, 15) is 24.5 Å². The summed E-state index contributed by atoms with van der Waals surface area (Å²) in [6.45, 7) is 2.29. The maximum atomic E-state index is 13.5. The second-order valence-electron chi connectivity index (χ2n) is 11.3. The third-order valence-corrected chi connectivity index (χ3v) is 8.55. The van der Waals surface area contributed by atoms with Gasteiger partial charge in [0.15, 0.2) is 11.5 Å². The van der Waals surface area contributed by atoms with Gasteiger partial charge in [0.05, 0.1) is 36.3 Å². The number of carbonyl (C=O) groups is 3. The molecule has 12 nitrogen and oxygen atoms in total. The zero-order valence-electron chi connectivity index (χ0n) is 26.1. The Labute approximate surface area is 267 Å². The molecule has 12 heteroatoms.